The summed E-state index contributed by atoms with van der Waals surface area (Å²) in [6, 6.07) is 11.0. The smallest absolute Gasteiger partial charge is 0.343 e. The summed E-state index contributed by atoms with van der Waals surface area (Å²) in [5, 5.41) is 3.03. The van der Waals surface area contributed by atoms with E-state index in [4.69, 9.17) is 4.74 Å². The van der Waals surface area contributed by atoms with E-state index in [-0.39, 0.29) is 42.2 Å². The molecule has 1 aromatic heterocycles. The Bertz CT molecular complexity index is 1360. The Morgan fingerprint density at radius 3 is 2.26 bits per heavy atom. The first kappa shape index (κ1) is 22.9. The van der Waals surface area contributed by atoms with Crippen molar-refractivity contribution in [2.24, 2.45) is 0 Å². The van der Waals surface area contributed by atoms with Gasteiger partial charge in [0.15, 0.2) is 0 Å². The van der Waals surface area contributed by atoms with Crippen LogP contribution in [0.2, 0.25) is 0 Å². The first-order chi connectivity index (χ1) is 16.3. The SMILES string of the molecule is CCOC(=O)c1cn(CC)c2ccc(NC(=O)c3ccc(N4C(=O)CCC4=O)cc3)cc2c1=O. The van der Waals surface area contributed by atoms with E-state index in [1.54, 1.807) is 35.8 Å². The molecule has 1 aliphatic rings. The summed E-state index contributed by atoms with van der Waals surface area (Å²) in [6.07, 6.45) is 1.85. The fourth-order valence-electron chi connectivity index (χ4n) is 3.92. The molecule has 34 heavy (non-hydrogen) atoms. The number of hydrogen-bond donors (Lipinski definition) is 1. The molecule has 0 unspecified atom stereocenters. The van der Waals surface area contributed by atoms with E-state index in [1.165, 1.54) is 24.4 Å². The van der Waals surface area contributed by atoms with Crippen molar-refractivity contribution < 1.29 is 23.9 Å². The van der Waals surface area contributed by atoms with Crippen molar-refractivity contribution in [1.29, 1.82) is 0 Å². The highest BCUT2D eigenvalue weighted by Gasteiger charge is 2.30. The number of nitrogens with one attached hydrogen (secondary N) is 1. The van der Waals surface area contributed by atoms with E-state index in [9.17, 15) is 24.0 Å². The zero-order valence-corrected chi connectivity index (χ0v) is 18.8. The molecule has 1 aliphatic heterocycles. The number of anilines is 2. The van der Waals surface area contributed by atoms with E-state index >= 15 is 0 Å². The normalized spacial score (nSPS) is 13.4. The molecule has 9 heteroatoms. The lowest BCUT2D eigenvalue weighted by atomic mass is 10.1. The highest BCUT2D eigenvalue weighted by molar-refractivity contribution is 6.20. The Morgan fingerprint density at radius 1 is 0.971 bits per heavy atom. The van der Waals surface area contributed by atoms with Crippen molar-refractivity contribution in [2.45, 2.75) is 33.2 Å². The number of imide groups is 1. The Hall–Kier alpha value is -4.27. The molecule has 2 heterocycles. The highest BCUT2D eigenvalue weighted by atomic mass is 16.5. The molecule has 1 saturated heterocycles. The number of benzene rings is 2. The van der Waals surface area contributed by atoms with Crippen LogP contribution in [0.15, 0.2) is 53.5 Å². The van der Waals surface area contributed by atoms with Gasteiger partial charge >= 0.3 is 5.97 Å². The van der Waals surface area contributed by atoms with Crippen LogP contribution in [0.5, 0.6) is 0 Å². The summed E-state index contributed by atoms with van der Waals surface area (Å²) < 4.78 is 6.77. The fourth-order valence-corrected chi connectivity index (χ4v) is 3.92. The van der Waals surface area contributed by atoms with Gasteiger partial charge in [0.1, 0.15) is 5.56 Å². The predicted octanol–water partition coefficient (Wildman–Crippen LogP) is 3.10. The van der Waals surface area contributed by atoms with Gasteiger partial charge in [-0.1, -0.05) is 0 Å². The third-order valence-electron chi connectivity index (χ3n) is 5.61. The van der Waals surface area contributed by atoms with E-state index < -0.39 is 17.3 Å². The van der Waals surface area contributed by atoms with Crippen LogP contribution < -0.4 is 15.6 Å². The van der Waals surface area contributed by atoms with Crippen molar-refractivity contribution in [1.82, 2.24) is 4.57 Å². The van der Waals surface area contributed by atoms with E-state index in [2.05, 4.69) is 5.32 Å². The van der Waals surface area contributed by atoms with Crippen molar-refractivity contribution in [3.8, 4) is 0 Å². The summed E-state index contributed by atoms with van der Waals surface area (Å²) in [5.74, 6) is -1.65. The third-order valence-corrected chi connectivity index (χ3v) is 5.61. The minimum absolute atomic E-state index is 0.0683. The van der Waals surface area contributed by atoms with E-state index in [1.807, 2.05) is 6.92 Å². The molecule has 0 bridgehead atoms. The maximum Gasteiger partial charge on any atom is 0.343 e. The fraction of sp³-hybridized carbons (Fsp3) is 0.240. The number of rotatable bonds is 6. The van der Waals surface area contributed by atoms with Gasteiger partial charge in [-0.3, -0.25) is 24.1 Å². The average Bonchev–Trinajstić information content (AvgIpc) is 3.17. The molecule has 0 radical (unpaired) electrons. The lowest BCUT2D eigenvalue weighted by Crippen LogP contribution is -2.28. The van der Waals surface area contributed by atoms with E-state index in [0.717, 1.165) is 4.90 Å². The van der Waals surface area contributed by atoms with Gasteiger partial charge in [0.2, 0.25) is 17.2 Å². The number of carbonyl (C=O) groups excluding carboxylic acids is 4. The minimum atomic E-state index is -0.693. The molecule has 0 spiro atoms. The van der Waals surface area contributed by atoms with Crippen LogP contribution in [0.4, 0.5) is 11.4 Å². The maximum absolute atomic E-state index is 13.0. The second-order valence-corrected chi connectivity index (χ2v) is 7.73. The van der Waals surface area contributed by atoms with Gasteiger partial charge in [0, 0.05) is 42.2 Å². The number of esters is 1. The molecule has 4 rings (SSSR count). The van der Waals surface area contributed by atoms with Crippen molar-refractivity contribution in [2.75, 3.05) is 16.8 Å². The molecular weight excluding hydrogens is 438 g/mol. The van der Waals surface area contributed by atoms with Crippen LogP contribution in [0.1, 0.15) is 47.4 Å². The monoisotopic (exact) mass is 461 g/mol. The summed E-state index contributed by atoms with van der Waals surface area (Å²) in [4.78, 5) is 62.9. The number of carbonyl (C=O) groups is 4. The Morgan fingerprint density at radius 2 is 1.65 bits per heavy atom. The second kappa shape index (κ2) is 9.30. The lowest BCUT2D eigenvalue weighted by Gasteiger charge is -2.14. The van der Waals surface area contributed by atoms with Gasteiger partial charge in [-0.25, -0.2) is 4.79 Å². The quantitative estimate of drug-likeness (QED) is 0.446. The molecule has 3 amide bonds. The van der Waals surface area contributed by atoms with Gasteiger partial charge in [-0.15, -0.1) is 0 Å². The lowest BCUT2D eigenvalue weighted by molar-refractivity contribution is -0.121. The molecule has 0 saturated carbocycles. The van der Waals surface area contributed by atoms with Crippen LogP contribution >= 0.6 is 0 Å². The largest absolute Gasteiger partial charge is 0.462 e. The summed E-state index contributed by atoms with van der Waals surface area (Å²) in [5.41, 5.74) is 1.20. The van der Waals surface area contributed by atoms with Crippen molar-refractivity contribution in [3.05, 3.63) is 70.0 Å². The first-order valence-corrected chi connectivity index (χ1v) is 11.0. The van der Waals surface area contributed by atoms with Gasteiger partial charge < -0.3 is 14.6 Å². The van der Waals surface area contributed by atoms with Crippen LogP contribution in [0.3, 0.4) is 0 Å². The van der Waals surface area contributed by atoms with Gasteiger partial charge in [0.05, 0.1) is 17.8 Å². The molecule has 0 aliphatic carbocycles. The summed E-state index contributed by atoms with van der Waals surface area (Å²) >= 11 is 0. The number of nitrogens with zero attached hydrogens (tertiary/aromatic N) is 2. The molecule has 1 fully saturated rings. The van der Waals surface area contributed by atoms with Crippen molar-refractivity contribution in [3.63, 3.8) is 0 Å². The zero-order chi connectivity index (χ0) is 24.4. The Kier molecular flexibility index (Phi) is 6.27. The van der Waals surface area contributed by atoms with Gasteiger partial charge in [-0.2, -0.15) is 0 Å². The number of amides is 3. The molecule has 9 nitrogen and oxygen atoms in total. The standard InChI is InChI=1S/C25H23N3O6/c1-3-27-14-19(25(33)34-4-2)23(31)18-13-16(7-10-20(18)27)26-24(32)15-5-8-17(9-6-15)28-21(29)11-12-22(28)30/h5-10,13-14H,3-4,11-12H2,1-2H3,(H,26,32). The van der Waals surface area contributed by atoms with Crippen LogP contribution in [-0.2, 0) is 20.9 Å². The summed E-state index contributed by atoms with van der Waals surface area (Å²) in [7, 11) is 0. The van der Waals surface area contributed by atoms with Crippen molar-refractivity contribution >= 4 is 46.0 Å². The zero-order valence-electron chi connectivity index (χ0n) is 18.8. The molecule has 1 N–H and O–H groups in total. The Balaban J connectivity index is 1.61. The van der Waals surface area contributed by atoms with Crippen LogP contribution in [0.25, 0.3) is 10.9 Å². The summed E-state index contributed by atoms with van der Waals surface area (Å²) in [6.45, 7) is 4.24. The number of hydrogen-bond acceptors (Lipinski definition) is 6. The van der Waals surface area contributed by atoms with Gasteiger partial charge in [-0.05, 0) is 56.3 Å². The molecule has 2 aromatic carbocycles. The molecule has 0 atom stereocenters. The number of aryl methyl sites for hydroxylation is 1. The molecular formula is C25H23N3O6. The third kappa shape index (κ3) is 4.19. The number of fused-ring (bicyclic) bond motifs is 1. The van der Waals surface area contributed by atoms with Crippen LogP contribution in [0, 0.1) is 0 Å². The number of aromatic nitrogens is 1. The maximum atomic E-state index is 13.0. The number of ether oxygens (including phenoxy) is 1. The molecule has 3 aromatic rings. The van der Waals surface area contributed by atoms with Gasteiger partial charge in [0.25, 0.3) is 5.91 Å². The predicted molar refractivity (Wildman–Crippen MR) is 126 cm³/mol. The highest BCUT2D eigenvalue weighted by Crippen LogP contribution is 2.24. The average molecular weight is 461 g/mol. The minimum Gasteiger partial charge on any atom is -0.462 e. The topological polar surface area (TPSA) is 115 Å². The molecule has 174 valence electrons. The second-order valence-electron chi connectivity index (χ2n) is 7.73. The first-order valence-electron chi connectivity index (χ1n) is 11.0. The Labute approximate surface area is 194 Å². The van der Waals surface area contributed by atoms with Crippen LogP contribution in [-0.4, -0.2) is 34.9 Å². The number of pyridine rings is 1. The van der Waals surface area contributed by atoms with E-state index in [0.29, 0.717) is 29.0 Å².